The standard InChI is InChI=1S/C25H30O8/c1-5-6-18-15(8-10-31-18)19-11-16-14(23(27)33-19)7-9-25(2)17(24(28)30-4)12-20(32-13-29-3)22(26)21(16)25/h8,10,14,16-17,19-21H,7,9,11-13H2,1-4H3/t14-,16+,17+,19+,20+,21+,25+/m1/s1. The van der Waals surface area contributed by atoms with Crippen molar-refractivity contribution in [3.8, 4) is 11.8 Å². The largest absolute Gasteiger partial charge is 0.469 e. The number of esters is 2. The lowest BCUT2D eigenvalue weighted by molar-refractivity contribution is -0.196. The van der Waals surface area contributed by atoms with E-state index in [1.807, 2.05) is 6.92 Å². The van der Waals surface area contributed by atoms with Crippen LogP contribution in [0.25, 0.3) is 0 Å². The fraction of sp³-hybridized carbons (Fsp3) is 0.640. The molecule has 8 heteroatoms. The van der Waals surface area contributed by atoms with Gasteiger partial charge in [0.1, 0.15) is 19.0 Å². The molecule has 4 rings (SSSR count). The van der Waals surface area contributed by atoms with Crippen LogP contribution in [-0.4, -0.2) is 44.8 Å². The van der Waals surface area contributed by atoms with Crippen molar-refractivity contribution < 1.29 is 37.7 Å². The van der Waals surface area contributed by atoms with E-state index in [4.69, 9.17) is 23.4 Å². The molecule has 2 heterocycles. The molecule has 0 amide bonds. The first-order valence-electron chi connectivity index (χ1n) is 11.3. The molecule has 3 fully saturated rings. The fourth-order valence-corrected chi connectivity index (χ4v) is 6.19. The topological polar surface area (TPSA) is 101 Å². The minimum absolute atomic E-state index is 0.0550. The van der Waals surface area contributed by atoms with Crippen molar-refractivity contribution >= 4 is 17.7 Å². The summed E-state index contributed by atoms with van der Waals surface area (Å²) in [5, 5.41) is 0. The Morgan fingerprint density at radius 3 is 2.76 bits per heavy atom. The summed E-state index contributed by atoms with van der Waals surface area (Å²) in [6.07, 6.45) is 1.96. The number of ketones is 1. The van der Waals surface area contributed by atoms with E-state index in [1.54, 1.807) is 13.0 Å². The van der Waals surface area contributed by atoms with Crippen molar-refractivity contribution in [1.82, 2.24) is 0 Å². The highest BCUT2D eigenvalue weighted by molar-refractivity contribution is 5.91. The molecule has 0 N–H and O–H groups in total. The molecule has 33 heavy (non-hydrogen) atoms. The monoisotopic (exact) mass is 458 g/mol. The number of methoxy groups -OCH3 is 2. The highest BCUT2D eigenvalue weighted by Gasteiger charge is 2.63. The highest BCUT2D eigenvalue weighted by Crippen LogP contribution is 2.59. The number of fused-ring (bicyclic) bond motifs is 3. The Morgan fingerprint density at radius 2 is 2.06 bits per heavy atom. The van der Waals surface area contributed by atoms with E-state index in [-0.39, 0.29) is 36.9 Å². The molecule has 1 aliphatic heterocycles. The molecule has 3 aliphatic rings. The highest BCUT2D eigenvalue weighted by atomic mass is 16.7. The van der Waals surface area contributed by atoms with Crippen LogP contribution in [0.5, 0.6) is 0 Å². The van der Waals surface area contributed by atoms with E-state index in [0.717, 1.165) is 0 Å². The molecule has 1 saturated heterocycles. The second-order valence-electron chi connectivity index (χ2n) is 9.31. The zero-order valence-corrected chi connectivity index (χ0v) is 19.4. The molecule has 0 bridgehead atoms. The van der Waals surface area contributed by atoms with Gasteiger partial charge in [0.05, 0.1) is 25.2 Å². The van der Waals surface area contributed by atoms with Gasteiger partial charge in [0.25, 0.3) is 0 Å². The zero-order chi connectivity index (χ0) is 23.8. The number of cyclic esters (lactones) is 1. The second kappa shape index (κ2) is 9.32. The number of carbonyl (C=O) groups is 3. The van der Waals surface area contributed by atoms with Crippen LogP contribution in [0, 0.1) is 40.9 Å². The Bertz CT molecular complexity index is 984. The first kappa shape index (κ1) is 23.5. The lowest BCUT2D eigenvalue weighted by Gasteiger charge is -2.56. The van der Waals surface area contributed by atoms with Crippen LogP contribution in [0.1, 0.15) is 57.0 Å². The molecular formula is C25H30O8. The summed E-state index contributed by atoms with van der Waals surface area (Å²) >= 11 is 0. The van der Waals surface area contributed by atoms with Gasteiger partial charge in [-0.25, -0.2) is 0 Å². The van der Waals surface area contributed by atoms with Gasteiger partial charge in [-0.2, -0.15) is 0 Å². The summed E-state index contributed by atoms with van der Waals surface area (Å²) in [4.78, 5) is 39.6. The number of furan rings is 1. The minimum Gasteiger partial charge on any atom is -0.469 e. The van der Waals surface area contributed by atoms with E-state index < -0.39 is 35.4 Å². The SMILES string of the molecule is CC#Cc1occc1[C@@H]1C[C@@H]2[C@H]3C(=O)[C@@H](OCOC)C[C@@H](C(=O)OC)[C@]3(C)CC[C@H]2C(=O)O1. The number of rotatable bonds is 5. The van der Waals surface area contributed by atoms with Crippen molar-refractivity contribution in [3.63, 3.8) is 0 Å². The van der Waals surface area contributed by atoms with Crippen molar-refractivity contribution in [2.24, 2.45) is 29.1 Å². The predicted molar refractivity (Wildman–Crippen MR) is 114 cm³/mol. The summed E-state index contributed by atoms with van der Waals surface area (Å²) in [5.74, 6) is 3.65. The molecule has 0 unspecified atom stereocenters. The lowest BCUT2D eigenvalue weighted by Crippen LogP contribution is -2.60. The zero-order valence-electron chi connectivity index (χ0n) is 19.4. The normalized spacial score (nSPS) is 35.5. The van der Waals surface area contributed by atoms with Crippen molar-refractivity contribution in [3.05, 3.63) is 23.7 Å². The van der Waals surface area contributed by atoms with E-state index in [2.05, 4.69) is 11.8 Å². The van der Waals surface area contributed by atoms with E-state index in [9.17, 15) is 14.4 Å². The molecular weight excluding hydrogens is 428 g/mol. The van der Waals surface area contributed by atoms with Crippen molar-refractivity contribution in [2.45, 2.75) is 51.7 Å². The fourth-order valence-electron chi connectivity index (χ4n) is 6.19. The summed E-state index contributed by atoms with van der Waals surface area (Å²) in [5.41, 5.74) is 0.0616. The van der Waals surface area contributed by atoms with Gasteiger partial charge in [-0.05, 0) is 55.9 Å². The number of Topliss-reactive ketones (excluding diaryl/α,β-unsaturated/α-hetero) is 1. The van der Waals surface area contributed by atoms with E-state index in [1.165, 1.54) is 20.5 Å². The Labute approximate surface area is 193 Å². The smallest absolute Gasteiger partial charge is 0.309 e. The molecule has 0 radical (unpaired) electrons. The molecule has 2 saturated carbocycles. The predicted octanol–water partition coefficient (Wildman–Crippen LogP) is 3.04. The van der Waals surface area contributed by atoms with Gasteiger partial charge in [-0.1, -0.05) is 12.8 Å². The third-order valence-electron chi connectivity index (χ3n) is 7.72. The summed E-state index contributed by atoms with van der Waals surface area (Å²) in [6.45, 7) is 3.62. The third kappa shape index (κ3) is 3.98. The molecule has 0 aromatic carbocycles. The minimum atomic E-state index is -0.794. The molecule has 8 nitrogen and oxygen atoms in total. The van der Waals surface area contributed by atoms with Gasteiger partial charge in [-0.15, -0.1) is 0 Å². The summed E-state index contributed by atoms with van der Waals surface area (Å²) < 4.78 is 27.1. The van der Waals surface area contributed by atoms with Crippen LogP contribution < -0.4 is 0 Å². The van der Waals surface area contributed by atoms with E-state index in [0.29, 0.717) is 30.6 Å². The molecule has 1 aromatic rings. The number of hydrogen-bond acceptors (Lipinski definition) is 8. The van der Waals surface area contributed by atoms with Gasteiger partial charge in [-0.3, -0.25) is 14.4 Å². The average molecular weight is 459 g/mol. The Balaban J connectivity index is 1.72. The summed E-state index contributed by atoms with van der Waals surface area (Å²) in [6, 6.07) is 1.75. The van der Waals surface area contributed by atoms with Crippen LogP contribution >= 0.6 is 0 Å². The molecule has 0 spiro atoms. The van der Waals surface area contributed by atoms with Crippen LogP contribution in [0.15, 0.2) is 16.7 Å². The maximum Gasteiger partial charge on any atom is 0.309 e. The average Bonchev–Trinajstić information content (AvgIpc) is 3.26. The van der Waals surface area contributed by atoms with Crippen LogP contribution in [0.3, 0.4) is 0 Å². The van der Waals surface area contributed by atoms with Crippen LogP contribution in [-0.2, 0) is 33.3 Å². The third-order valence-corrected chi connectivity index (χ3v) is 7.72. The van der Waals surface area contributed by atoms with Gasteiger partial charge < -0.3 is 23.4 Å². The maximum atomic E-state index is 13.7. The lowest BCUT2D eigenvalue weighted by atomic mass is 9.48. The number of ether oxygens (including phenoxy) is 4. The molecule has 1 aromatic heterocycles. The Kier molecular flexibility index (Phi) is 6.64. The first-order valence-corrected chi connectivity index (χ1v) is 11.3. The van der Waals surface area contributed by atoms with Gasteiger partial charge in [0.15, 0.2) is 11.5 Å². The van der Waals surface area contributed by atoms with Crippen LogP contribution in [0.4, 0.5) is 0 Å². The molecule has 178 valence electrons. The second-order valence-corrected chi connectivity index (χ2v) is 9.31. The van der Waals surface area contributed by atoms with Crippen LogP contribution in [0.2, 0.25) is 0 Å². The Hall–Kier alpha value is -2.63. The van der Waals surface area contributed by atoms with E-state index >= 15 is 0 Å². The van der Waals surface area contributed by atoms with Gasteiger partial charge in [0, 0.05) is 18.6 Å². The van der Waals surface area contributed by atoms with Crippen molar-refractivity contribution in [1.29, 1.82) is 0 Å². The molecule has 2 aliphatic carbocycles. The Morgan fingerprint density at radius 1 is 1.27 bits per heavy atom. The van der Waals surface area contributed by atoms with Gasteiger partial charge in [0.2, 0.25) is 0 Å². The van der Waals surface area contributed by atoms with Gasteiger partial charge >= 0.3 is 11.9 Å². The number of carbonyl (C=O) groups excluding carboxylic acids is 3. The number of hydrogen-bond donors (Lipinski definition) is 0. The first-order chi connectivity index (χ1) is 15.8. The quantitative estimate of drug-likeness (QED) is 0.377. The maximum absolute atomic E-state index is 13.7. The summed E-state index contributed by atoms with van der Waals surface area (Å²) in [7, 11) is 2.84. The van der Waals surface area contributed by atoms with Crippen molar-refractivity contribution in [2.75, 3.05) is 21.0 Å². The molecule has 7 atom stereocenters.